The molecule has 5 nitrogen and oxygen atoms in total. The summed E-state index contributed by atoms with van der Waals surface area (Å²) in [5.74, 6) is -2.44. The van der Waals surface area contributed by atoms with Gasteiger partial charge in [-0.2, -0.15) is 0 Å². The molecule has 0 aliphatic rings. The van der Waals surface area contributed by atoms with E-state index in [-0.39, 0.29) is 5.57 Å². The lowest BCUT2D eigenvalue weighted by molar-refractivity contribution is -0.139. The first kappa shape index (κ1) is 14.4. The maximum absolute atomic E-state index is 9.87. The topological polar surface area (TPSA) is 87.5 Å². The molecular weight excluding hydrogens is 246 g/mol. The summed E-state index contributed by atoms with van der Waals surface area (Å²) >= 11 is 0. The Balaban J connectivity index is 0.000000192. The van der Waals surface area contributed by atoms with Crippen LogP contribution in [0.2, 0.25) is 0 Å². The Morgan fingerprint density at radius 3 is 2.26 bits per heavy atom. The molecule has 0 atom stereocenters. The SMILES string of the molecule is C=C(CC(=O)O)C(=O)O.c1ccc2ncccc2c1. The molecule has 19 heavy (non-hydrogen) atoms. The van der Waals surface area contributed by atoms with Gasteiger partial charge in [-0.05, 0) is 12.1 Å². The zero-order valence-corrected chi connectivity index (χ0v) is 10.1. The van der Waals surface area contributed by atoms with Gasteiger partial charge in [0.05, 0.1) is 11.9 Å². The van der Waals surface area contributed by atoms with Gasteiger partial charge in [-0.1, -0.05) is 30.8 Å². The van der Waals surface area contributed by atoms with Gasteiger partial charge in [0.2, 0.25) is 0 Å². The molecule has 0 saturated heterocycles. The number of benzene rings is 1. The second-order valence-electron chi connectivity index (χ2n) is 3.68. The van der Waals surface area contributed by atoms with Crippen LogP contribution in [0.4, 0.5) is 0 Å². The van der Waals surface area contributed by atoms with Gasteiger partial charge in [0.1, 0.15) is 0 Å². The van der Waals surface area contributed by atoms with Gasteiger partial charge in [0, 0.05) is 17.2 Å². The average Bonchev–Trinajstić information content (AvgIpc) is 2.39. The van der Waals surface area contributed by atoms with Crippen molar-refractivity contribution in [1.82, 2.24) is 4.98 Å². The summed E-state index contributed by atoms with van der Waals surface area (Å²) in [7, 11) is 0. The number of carbonyl (C=O) groups is 2. The molecule has 1 aromatic heterocycles. The van der Waals surface area contributed by atoms with E-state index in [1.807, 2.05) is 30.5 Å². The minimum atomic E-state index is -1.27. The van der Waals surface area contributed by atoms with Gasteiger partial charge < -0.3 is 10.2 Å². The first-order valence-corrected chi connectivity index (χ1v) is 5.43. The van der Waals surface area contributed by atoms with Crippen molar-refractivity contribution in [2.24, 2.45) is 0 Å². The highest BCUT2D eigenvalue weighted by Crippen LogP contribution is 2.07. The minimum Gasteiger partial charge on any atom is -0.481 e. The van der Waals surface area contributed by atoms with Crippen LogP contribution in [0, 0.1) is 0 Å². The van der Waals surface area contributed by atoms with E-state index in [1.165, 1.54) is 5.39 Å². The normalized spacial score (nSPS) is 9.26. The molecule has 0 amide bonds. The fourth-order valence-corrected chi connectivity index (χ4v) is 1.27. The molecule has 0 fully saturated rings. The second kappa shape index (κ2) is 6.90. The van der Waals surface area contributed by atoms with Gasteiger partial charge in [-0.25, -0.2) is 4.79 Å². The highest BCUT2D eigenvalue weighted by Gasteiger charge is 2.07. The zero-order valence-electron chi connectivity index (χ0n) is 10.1. The maximum atomic E-state index is 9.87. The van der Waals surface area contributed by atoms with Crippen LogP contribution in [0.1, 0.15) is 6.42 Å². The van der Waals surface area contributed by atoms with Crippen molar-refractivity contribution in [1.29, 1.82) is 0 Å². The third-order valence-corrected chi connectivity index (χ3v) is 2.18. The van der Waals surface area contributed by atoms with Crippen molar-refractivity contribution >= 4 is 22.8 Å². The zero-order chi connectivity index (χ0) is 14.3. The predicted molar refractivity (Wildman–Crippen MR) is 70.8 cm³/mol. The van der Waals surface area contributed by atoms with E-state index in [2.05, 4.69) is 23.7 Å². The first-order valence-electron chi connectivity index (χ1n) is 5.43. The molecule has 0 radical (unpaired) electrons. The number of carboxylic acids is 2. The molecule has 0 saturated carbocycles. The number of para-hydroxylation sites is 1. The van der Waals surface area contributed by atoms with E-state index in [4.69, 9.17) is 10.2 Å². The molecule has 0 unspecified atom stereocenters. The smallest absolute Gasteiger partial charge is 0.331 e. The largest absolute Gasteiger partial charge is 0.481 e. The highest BCUT2D eigenvalue weighted by atomic mass is 16.4. The number of rotatable bonds is 3. The molecule has 0 spiro atoms. The van der Waals surface area contributed by atoms with E-state index >= 15 is 0 Å². The van der Waals surface area contributed by atoms with Crippen LogP contribution in [0.5, 0.6) is 0 Å². The predicted octanol–water partition coefficient (Wildman–Crippen LogP) is 2.34. The summed E-state index contributed by atoms with van der Waals surface area (Å²) < 4.78 is 0. The van der Waals surface area contributed by atoms with Gasteiger partial charge in [-0.3, -0.25) is 9.78 Å². The number of pyridine rings is 1. The summed E-state index contributed by atoms with van der Waals surface area (Å²) in [5, 5.41) is 17.3. The van der Waals surface area contributed by atoms with Crippen LogP contribution in [-0.2, 0) is 9.59 Å². The molecule has 0 bridgehead atoms. The van der Waals surface area contributed by atoms with E-state index in [9.17, 15) is 9.59 Å². The minimum absolute atomic E-state index is 0.303. The van der Waals surface area contributed by atoms with Crippen molar-refractivity contribution in [3.8, 4) is 0 Å². The van der Waals surface area contributed by atoms with E-state index in [0.717, 1.165) is 5.52 Å². The monoisotopic (exact) mass is 259 g/mol. The van der Waals surface area contributed by atoms with Gasteiger partial charge in [-0.15, -0.1) is 0 Å². The Bertz CT molecular complexity index is 542. The first-order chi connectivity index (χ1) is 9.00. The Kier molecular flexibility index (Phi) is 5.22. The number of hydrogen-bond donors (Lipinski definition) is 2. The summed E-state index contributed by atoms with van der Waals surface area (Å²) in [4.78, 5) is 23.8. The molecular formula is C14H13NO4. The lowest BCUT2D eigenvalue weighted by Gasteiger charge is -1.91. The highest BCUT2D eigenvalue weighted by molar-refractivity contribution is 5.91. The van der Waals surface area contributed by atoms with Crippen LogP contribution in [-0.4, -0.2) is 27.1 Å². The van der Waals surface area contributed by atoms with Crippen molar-refractivity contribution in [2.75, 3.05) is 0 Å². The molecule has 98 valence electrons. The lowest BCUT2D eigenvalue weighted by atomic mass is 10.2. The van der Waals surface area contributed by atoms with Crippen molar-refractivity contribution < 1.29 is 19.8 Å². The van der Waals surface area contributed by atoms with Gasteiger partial charge >= 0.3 is 11.9 Å². The van der Waals surface area contributed by atoms with Crippen LogP contribution in [0.15, 0.2) is 54.7 Å². The van der Waals surface area contributed by atoms with Crippen molar-refractivity contribution in [2.45, 2.75) is 6.42 Å². The lowest BCUT2D eigenvalue weighted by Crippen LogP contribution is -2.04. The van der Waals surface area contributed by atoms with Gasteiger partial charge in [0.25, 0.3) is 0 Å². The molecule has 1 heterocycles. The molecule has 2 aromatic rings. The van der Waals surface area contributed by atoms with Crippen LogP contribution < -0.4 is 0 Å². The van der Waals surface area contributed by atoms with Crippen molar-refractivity contribution in [3.63, 3.8) is 0 Å². The standard InChI is InChI=1S/C9H7N.C5H6O4/c1-2-6-9-8(4-1)5-3-7-10-9;1-3(5(8)9)2-4(6)7/h1-7H;1-2H2,(H,6,7)(H,8,9). The molecule has 1 aromatic carbocycles. The van der Waals surface area contributed by atoms with Gasteiger partial charge in [0.15, 0.2) is 0 Å². The molecule has 0 aliphatic heterocycles. The number of carboxylic acid groups (broad SMARTS) is 2. The Morgan fingerprint density at radius 2 is 1.74 bits per heavy atom. The Morgan fingerprint density at radius 1 is 1.11 bits per heavy atom. The summed E-state index contributed by atoms with van der Waals surface area (Å²) in [6.45, 7) is 3.01. The van der Waals surface area contributed by atoms with Crippen LogP contribution >= 0.6 is 0 Å². The fraction of sp³-hybridized carbons (Fsp3) is 0.0714. The summed E-state index contributed by atoms with van der Waals surface area (Å²) in [5.41, 5.74) is 0.757. The fourth-order valence-electron chi connectivity index (χ4n) is 1.27. The van der Waals surface area contributed by atoms with Crippen LogP contribution in [0.25, 0.3) is 10.9 Å². The van der Waals surface area contributed by atoms with E-state index in [0.29, 0.717) is 0 Å². The number of aromatic nitrogens is 1. The third-order valence-electron chi connectivity index (χ3n) is 2.18. The number of nitrogens with zero attached hydrogens (tertiary/aromatic N) is 1. The molecule has 2 N–H and O–H groups in total. The van der Waals surface area contributed by atoms with Crippen LogP contribution in [0.3, 0.4) is 0 Å². The number of aliphatic carboxylic acids is 2. The summed E-state index contributed by atoms with van der Waals surface area (Å²) in [6.07, 6.45) is 1.30. The second-order valence-corrected chi connectivity index (χ2v) is 3.68. The molecule has 2 rings (SSSR count). The van der Waals surface area contributed by atoms with Crippen molar-refractivity contribution in [3.05, 3.63) is 54.7 Å². The summed E-state index contributed by atoms with van der Waals surface area (Å²) in [6, 6.07) is 12.1. The third kappa shape index (κ3) is 4.99. The Hall–Kier alpha value is -2.69. The molecule has 5 heteroatoms. The molecule has 0 aliphatic carbocycles. The average molecular weight is 259 g/mol. The number of fused-ring (bicyclic) bond motifs is 1. The maximum Gasteiger partial charge on any atom is 0.331 e. The Labute approximate surface area is 109 Å². The quantitative estimate of drug-likeness (QED) is 0.826. The van der Waals surface area contributed by atoms with E-state index < -0.39 is 18.4 Å². The number of hydrogen-bond acceptors (Lipinski definition) is 3. The van der Waals surface area contributed by atoms with E-state index in [1.54, 1.807) is 0 Å².